The molecule has 2 amide bonds. The van der Waals surface area contributed by atoms with Crippen molar-refractivity contribution in [2.45, 2.75) is 76.9 Å². The Kier molecular flexibility index (Phi) is 6.97. The van der Waals surface area contributed by atoms with Gasteiger partial charge in [-0.3, -0.25) is 14.5 Å². The number of anilines is 1. The summed E-state index contributed by atoms with van der Waals surface area (Å²) in [4.78, 5) is 28.7. The van der Waals surface area contributed by atoms with Gasteiger partial charge in [-0.05, 0) is 50.7 Å². The highest BCUT2D eigenvalue weighted by molar-refractivity contribution is 5.95. The molecule has 1 aliphatic heterocycles. The van der Waals surface area contributed by atoms with E-state index in [9.17, 15) is 9.59 Å². The lowest BCUT2D eigenvalue weighted by molar-refractivity contribution is -0.123. The summed E-state index contributed by atoms with van der Waals surface area (Å²) in [5, 5.41) is 0. The average Bonchev–Trinajstić information content (AvgIpc) is 2.73. The third-order valence-corrected chi connectivity index (χ3v) is 6.61. The zero-order valence-electron chi connectivity index (χ0n) is 17.6. The van der Waals surface area contributed by atoms with Gasteiger partial charge in [0.25, 0.3) is 0 Å². The molecule has 156 valence electrons. The van der Waals surface area contributed by atoms with Gasteiger partial charge in [0.2, 0.25) is 11.8 Å². The summed E-state index contributed by atoms with van der Waals surface area (Å²) in [5.74, 6) is 2.78. The largest absolute Gasteiger partial charge is 0.369 e. The summed E-state index contributed by atoms with van der Waals surface area (Å²) in [6.45, 7) is 4.88. The molecule has 0 unspecified atom stereocenters. The summed E-state index contributed by atoms with van der Waals surface area (Å²) in [7, 11) is 0. The van der Waals surface area contributed by atoms with E-state index in [4.69, 9.17) is 12.2 Å². The van der Waals surface area contributed by atoms with Gasteiger partial charge in [0, 0.05) is 49.1 Å². The fraction of sp³-hybridized carbons (Fsp3) is 0.583. The molecule has 0 spiro atoms. The van der Waals surface area contributed by atoms with Gasteiger partial charge >= 0.3 is 0 Å². The number of nitrogens with zero attached hydrogens (tertiary/aromatic N) is 2. The van der Waals surface area contributed by atoms with Crippen LogP contribution in [0.2, 0.25) is 0 Å². The van der Waals surface area contributed by atoms with E-state index in [0.717, 1.165) is 44.3 Å². The van der Waals surface area contributed by atoms with Crippen molar-refractivity contribution in [2.75, 3.05) is 11.4 Å². The second kappa shape index (κ2) is 9.45. The minimum absolute atomic E-state index is 0.00373. The van der Waals surface area contributed by atoms with Crippen molar-refractivity contribution in [3.8, 4) is 12.3 Å². The van der Waals surface area contributed by atoms with Crippen LogP contribution in [0.4, 0.5) is 5.69 Å². The molecule has 1 aliphatic carbocycles. The molecule has 29 heavy (non-hydrogen) atoms. The molecule has 1 saturated carbocycles. The van der Waals surface area contributed by atoms with Crippen LogP contribution < -0.4 is 10.6 Å². The van der Waals surface area contributed by atoms with Gasteiger partial charge in [0.05, 0.1) is 0 Å². The standard InChI is InChI=1S/C24H33N3O2/c1-4-6-15-26(19-13-11-18(12-14-19)24(25)29)22-16-17(3)27(23(28)5-2)21-10-8-7-9-20(21)22/h1,7-10,17-19,22H,5-6,11-16H2,2-3H3,(H2,25,29)/t17-,18?,19?,22+/m0/s1. The van der Waals surface area contributed by atoms with Gasteiger partial charge in [0.1, 0.15) is 0 Å². The highest BCUT2D eigenvalue weighted by Crippen LogP contribution is 2.43. The van der Waals surface area contributed by atoms with Gasteiger partial charge in [0.15, 0.2) is 0 Å². The van der Waals surface area contributed by atoms with Gasteiger partial charge in [-0.2, -0.15) is 0 Å². The highest BCUT2D eigenvalue weighted by Gasteiger charge is 2.39. The van der Waals surface area contributed by atoms with E-state index in [1.165, 1.54) is 5.56 Å². The van der Waals surface area contributed by atoms with Crippen molar-refractivity contribution in [1.82, 2.24) is 4.90 Å². The first-order valence-electron chi connectivity index (χ1n) is 10.9. The van der Waals surface area contributed by atoms with Crippen molar-refractivity contribution in [3.63, 3.8) is 0 Å². The van der Waals surface area contributed by atoms with E-state index in [0.29, 0.717) is 18.9 Å². The number of amides is 2. The lowest BCUT2D eigenvalue weighted by atomic mass is 9.82. The molecule has 0 saturated heterocycles. The summed E-state index contributed by atoms with van der Waals surface area (Å²) in [6, 6.07) is 9.03. The third kappa shape index (κ3) is 4.48. The number of hydrogen-bond acceptors (Lipinski definition) is 3. The summed E-state index contributed by atoms with van der Waals surface area (Å²) < 4.78 is 0. The van der Waals surface area contributed by atoms with E-state index < -0.39 is 0 Å². The highest BCUT2D eigenvalue weighted by atomic mass is 16.2. The van der Waals surface area contributed by atoms with E-state index in [-0.39, 0.29) is 29.8 Å². The Morgan fingerprint density at radius 2 is 1.93 bits per heavy atom. The number of fused-ring (bicyclic) bond motifs is 1. The van der Waals surface area contributed by atoms with Crippen LogP contribution in [0.5, 0.6) is 0 Å². The summed E-state index contributed by atoms with van der Waals surface area (Å²) in [6.07, 6.45) is 11.3. The van der Waals surface area contributed by atoms with E-state index in [2.05, 4.69) is 35.9 Å². The van der Waals surface area contributed by atoms with Crippen LogP contribution in [0.15, 0.2) is 24.3 Å². The fourth-order valence-electron chi connectivity index (χ4n) is 5.12. The quantitative estimate of drug-likeness (QED) is 0.748. The molecule has 1 heterocycles. The molecule has 2 N–H and O–H groups in total. The fourth-order valence-corrected chi connectivity index (χ4v) is 5.12. The van der Waals surface area contributed by atoms with E-state index in [1.54, 1.807) is 0 Å². The third-order valence-electron chi connectivity index (χ3n) is 6.61. The number of nitrogens with two attached hydrogens (primary N) is 1. The molecule has 2 atom stereocenters. The summed E-state index contributed by atoms with van der Waals surface area (Å²) >= 11 is 0. The van der Waals surface area contributed by atoms with Crippen LogP contribution in [-0.4, -0.2) is 35.3 Å². The van der Waals surface area contributed by atoms with Gasteiger partial charge in [-0.25, -0.2) is 0 Å². The number of hydrogen-bond donors (Lipinski definition) is 1. The Morgan fingerprint density at radius 3 is 2.55 bits per heavy atom. The Labute approximate surface area is 174 Å². The monoisotopic (exact) mass is 395 g/mol. The Morgan fingerprint density at radius 1 is 1.24 bits per heavy atom. The van der Waals surface area contributed by atoms with E-state index in [1.807, 2.05) is 17.9 Å². The van der Waals surface area contributed by atoms with Crippen LogP contribution in [0, 0.1) is 18.3 Å². The molecular weight excluding hydrogens is 362 g/mol. The lowest BCUT2D eigenvalue weighted by Crippen LogP contribution is -2.49. The predicted molar refractivity (Wildman–Crippen MR) is 116 cm³/mol. The minimum Gasteiger partial charge on any atom is -0.369 e. The Bertz CT molecular complexity index is 777. The Balaban J connectivity index is 1.90. The number of benzene rings is 1. The van der Waals surface area contributed by atoms with Crippen molar-refractivity contribution >= 4 is 17.5 Å². The first kappa shape index (κ1) is 21.4. The van der Waals surface area contributed by atoms with Gasteiger partial charge in [-0.15, -0.1) is 12.3 Å². The smallest absolute Gasteiger partial charge is 0.226 e. The number of carbonyl (C=O) groups excluding carboxylic acids is 2. The molecule has 2 aliphatic rings. The molecule has 1 aromatic rings. The van der Waals surface area contributed by atoms with Crippen molar-refractivity contribution in [3.05, 3.63) is 29.8 Å². The van der Waals surface area contributed by atoms with Crippen LogP contribution in [0.25, 0.3) is 0 Å². The molecule has 1 fully saturated rings. The SMILES string of the molecule is C#CCCN(C1CCC(C(N)=O)CC1)[C@@H]1C[C@H](C)N(C(=O)CC)c2ccccc21. The number of carbonyl (C=O) groups is 2. The maximum absolute atomic E-state index is 12.6. The van der Waals surface area contributed by atoms with Gasteiger partial charge < -0.3 is 10.6 Å². The predicted octanol–water partition coefficient (Wildman–Crippen LogP) is 3.63. The van der Waals surface area contributed by atoms with Crippen LogP contribution in [-0.2, 0) is 9.59 Å². The first-order chi connectivity index (χ1) is 14.0. The summed E-state index contributed by atoms with van der Waals surface area (Å²) in [5.41, 5.74) is 7.77. The number of primary amides is 1. The average molecular weight is 396 g/mol. The number of para-hydroxylation sites is 1. The molecule has 5 nitrogen and oxygen atoms in total. The van der Waals surface area contributed by atoms with Crippen molar-refractivity contribution in [1.29, 1.82) is 0 Å². The zero-order valence-corrected chi connectivity index (χ0v) is 17.6. The normalized spacial score (nSPS) is 26.6. The van der Waals surface area contributed by atoms with Crippen LogP contribution in [0.3, 0.4) is 0 Å². The molecule has 0 radical (unpaired) electrons. The van der Waals surface area contributed by atoms with E-state index >= 15 is 0 Å². The number of rotatable bonds is 6. The first-order valence-corrected chi connectivity index (χ1v) is 10.9. The van der Waals surface area contributed by atoms with Crippen molar-refractivity contribution in [2.24, 2.45) is 11.7 Å². The number of terminal acetylenes is 1. The second-order valence-electron chi connectivity index (χ2n) is 8.38. The molecule has 0 aromatic heterocycles. The zero-order chi connectivity index (χ0) is 21.0. The van der Waals surface area contributed by atoms with Crippen molar-refractivity contribution < 1.29 is 9.59 Å². The minimum atomic E-state index is -0.177. The molecule has 5 heteroatoms. The Hall–Kier alpha value is -2.32. The molecular formula is C24H33N3O2. The van der Waals surface area contributed by atoms with Crippen LogP contribution >= 0.6 is 0 Å². The maximum Gasteiger partial charge on any atom is 0.226 e. The molecule has 3 rings (SSSR count). The van der Waals surface area contributed by atoms with Gasteiger partial charge in [-0.1, -0.05) is 25.1 Å². The maximum atomic E-state index is 12.6. The molecule has 1 aromatic carbocycles. The second-order valence-corrected chi connectivity index (χ2v) is 8.38. The molecule has 0 bridgehead atoms. The lowest BCUT2D eigenvalue weighted by Gasteiger charge is -2.47. The van der Waals surface area contributed by atoms with Crippen LogP contribution in [0.1, 0.15) is 70.4 Å². The topological polar surface area (TPSA) is 66.6 Å².